The Balaban J connectivity index is 1.58. The van der Waals surface area contributed by atoms with Gasteiger partial charge in [0, 0.05) is 0 Å². The molecule has 0 bridgehead atoms. The first kappa shape index (κ1) is 21.4. The van der Waals surface area contributed by atoms with Crippen LogP contribution in [0.25, 0.3) is 5.69 Å². The fourth-order valence-electron chi connectivity index (χ4n) is 3.55. The summed E-state index contributed by atoms with van der Waals surface area (Å²) in [5, 5.41) is 4.47. The molecule has 1 aliphatic heterocycles. The molecule has 2 heterocycles. The predicted molar refractivity (Wildman–Crippen MR) is 120 cm³/mol. The Kier molecular flexibility index (Phi) is 5.31. The van der Waals surface area contributed by atoms with Crippen molar-refractivity contribution in [3.8, 4) is 11.4 Å². The van der Waals surface area contributed by atoms with Crippen LogP contribution >= 0.6 is 0 Å². The molecule has 0 aliphatic carbocycles. The predicted octanol–water partition coefficient (Wildman–Crippen LogP) is 2.70. The van der Waals surface area contributed by atoms with Crippen molar-refractivity contribution in [2.24, 2.45) is 0 Å². The van der Waals surface area contributed by atoms with Crippen LogP contribution in [-0.2, 0) is 15.9 Å². The fraction of sp³-hybridized carbons (Fsp3) is 0.391. The van der Waals surface area contributed by atoms with Crippen LogP contribution < -0.4 is 15.9 Å². The quantitative estimate of drug-likeness (QED) is 0.593. The van der Waals surface area contributed by atoms with Crippen molar-refractivity contribution in [3.05, 3.63) is 70.4 Å². The Bertz CT molecular complexity index is 1130. The Morgan fingerprint density at radius 2 is 1.68 bits per heavy atom. The van der Waals surface area contributed by atoms with E-state index in [1.54, 1.807) is 11.7 Å². The van der Waals surface area contributed by atoms with Crippen molar-refractivity contribution >= 4 is 12.6 Å². The van der Waals surface area contributed by atoms with Gasteiger partial charge in [0.25, 0.3) is 0 Å². The van der Waals surface area contributed by atoms with E-state index in [4.69, 9.17) is 14.0 Å². The summed E-state index contributed by atoms with van der Waals surface area (Å²) in [5.41, 5.74) is 1.58. The summed E-state index contributed by atoms with van der Waals surface area (Å²) < 4.78 is 20.6. The van der Waals surface area contributed by atoms with Gasteiger partial charge in [-0.15, -0.1) is 0 Å². The van der Waals surface area contributed by atoms with E-state index in [2.05, 4.69) is 5.10 Å². The number of aromatic nitrogens is 3. The average molecular weight is 421 g/mol. The molecular formula is C23H28BN3O4. The lowest BCUT2D eigenvalue weighted by atomic mass is 9.79. The molecule has 2 aromatic carbocycles. The molecule has 1 aromatic heterocycles. The van der Waals surface area contributed by atoms with Gasteiger partial charge in [0.1, 0.15) is 11.6 Å². The zero-order chi connectivity index (χ0) is 22.4. The van der Waals surface area contributed by atoms with E-state index in [1.165, 1.54) is 4.68 Å². The molecule has 1 aliphatic rings. The van der Waals surface area contributed by atoms with Crippen LogP contribution in [0.5, 0.6) is 5.75 Å². The summed E-state index contributed by atoms with van der Waals surface area (Å²) in [7, 11) is 1.19. The second-order valence-corrected chi connectivity index (χ2v) is 8.86. The maximum atomic E-state index is 13.0. The third-order valence-electron chi connectivity index (χ3n) is 6.19. The second kappa shape index (κ2) is 7.69. The van der Waals surface area contributed by atoms with E-state index >= 15 is 0 Å². The highest BCUT2D eigenvalue weighted by Crippen LogP contribution is 2.36. The summed E-state index contributed by atoms with van der Waals surface area (Å²) in [6.07, 6.45) is 0. The van der Waals surface area contributed by atoms with Gasteiger partial charge >= 0.3 is 12.8 Å². The van der Waals surface area contributed by atoms with Crippen LogP contribution in [-0.4, -0.2) is 39.8 Å². The number of hydrogen-bond donors (Lipinski definition) is 0. The SMILES string of the molecule is COc1cccc(Cn2c(C)nn(-c3ccc(B4OC(C)(C)C(C)(C)O4)cc3)c2=O)c1. The van der Waals surface area contributed by atoms with Gasteiger partial charge in [-0.2, -0.15) is 9.78 Å². The number of methoxy groups -OCH3 is 1. The van der Waals surface area contributed by atoms with Crippen LogP contribution in [0.15, 0.2) is 53.3 Å². The summed E-state index contributed by atoms with van der Waals surface area (Å²) in [6, 6.07) is 15.2. The van der Waals surface area contributed by atoms with Gasteiger partial charge in [-0.05, 0) is 69.9 Å². The third kappa shape index (κ3) is 3.93. The van der Waals surface area contributed by atoms with E-state index in [0.29, 0.717) is 18.1 Å². The first-order valence-corrected chi connectivity index (χ1v) is 10.4. The molecule has 7 nitrogen and oxygen atoms in total. The molecule has 4 rings (SSSR count). The minimum absolute atomic E-state index is 0.191. The summed E-state index contributed by atoms with van der Waals surface area (Å²) in [4.78, 5) is 13.0. The Morgan fingerprint density at radius 1 is 1.03 bits per heavy atom. The lowest BCUT2D eigenvalue weighted by molar-refractivity contribution is 0.00578. The first-order valence-electron chi connectivity index (χ1n) is 10.4. The lowest BCUT2D eigenvalue weighted by Crippen LogP contribution is -2.41. The molecule has 1 fully saturated rings. The smallest absolute Gasteiger partial charge is 0.494 e. The van der Waals surface area contributed by atoms with E-state index in [9.17, 15) is 4.79 Å². The number of nitrogens with zero attached hydrogens (tertiary/aromatic N) is 3. The number of hydrogen-bond acceptors (Lipinski definition) is 5. The highest BCUT2D eigenvalue weighted by atomic mass is 16.7. The van der Waals surface area contributed by atoms with Crippen LogP contribution in [0.4, 0.5) is 0 Å². The molecule has 1 saturated heterocycles. The van der Waals surface area contributed by atoms with Crippen LogP contribution in [0.3, 0.4) is 0 Å². The minimum atomic E-state index is -0.442. The molecule has 0 atom stereocenters. The molecule has 162 valence electrons. The normalized spacial score (nSPS) is 17.2. The molecule has 0 spiro atoms. The molecule has 0 radical (unpaired) electrons. The Hall–Kier alpha value is -2.84. The Labute approximate surface area is 182 Å². The molecule has 3 aromatic rings. The Morgan fingerprint density at radius 3 is 2.29 bits per heavy atom. The average Bonchev–Trinajstić information content (AvgIpc) is 3.13. The largest absolute Gasteiger partial charge is 0.497 e. The maximum absolute atomic E-state index is 13.0. The van der Waals surface area contributed by atoms with Crippen LogP contribution in [0, 0.1) is 6.92 Å². The van der Waals surface area contributed by atoms with Crippen molar-refractivity contribution in [1.29, 1.82) is 0 Å². The van der Waals surface area contributed by atoms with Crippen molar-refractivity contribution in [1.82, 2.24) is 14.3 Å². The standard InChI is InChI=1S/C23H28BN3O4/c1-16-25-27(21(28)26(16)15-17-8-7-9-20(14-17)29-6)19-12-10-18(11-13-19)24-30-22(2,3)23(4,5)31-24/h7-14H,15H2,1-6H3. The van der Waals surface area contributed by atoms with E-state index in [-0.39, 0.29) is 5.69 Å². The van der Waals surface area contributed by atoms with Crippen molar-refractivity contribution in [2.45, 2.75) is 52.4 Å². The van der Waals surface area contributed by atoms with Crippen molar-refractivity contribution < 1.29 is 14.0 Å². The van der Waals surface area contributed by atoms with Gasteiger partial charge in [0.2, 0.25) is 0 Å². The zero-order valence-corrected chi connectivity index (χ0v) is 18.9. The minimum Gasteiger partial charge on any atom is -0.497 e. The van der Waals surface area contributed by atoms with Gasteiger partial charge in [0.15, 0.2) is 0 Å². The van der Waals surface area contributed by atoms with Gasteiger partial charge < -0.3 is 14.0 Å². The fourth-order valence-corrected chi connectivity index (χ4v) is 3.55. The van der Waals surface area contributed by atoms with Crippen LogP contribution in [0.1, 0.15) is 39.1 Å². The lowest BCUT2D eigenvalue weighted by Gasteiger charge is -2.32. The number of benzene rings is 2. The molecule has 0 amide bonds. The second-order valence-electron chi connectivity index (χ2n) is 8.86. The number of ether oxygens (including phenoxy) is 1. The van der Waals surface area contributed by atoms with Crippen LogP contribution in [0.2, 0.25) is 0 Å². The third-order valence-corrected chi connectivity index (χ3v) is 6.19. The van der Waals surface area contributed by atoms with E-state index < -0.39 is 18.3 Å². The first-order chi connectivity index (χ1) is 14.6. The van der Waals surface area contributed by atoms with Crippen molar-refractivity contribution in [2.75, 3.05) is 7.11 Å². The molecule has 0 saturated carbocycles. The topological polar surface area (TPSA) is 67.5 Å². The van der Waals surface area contributed by atoms with Gasteiger partial charge in [-0.25, -0.2) is 4.79 Å². The maximum Gasteiger partial charge on any atom is 0.494 e. The highest BCUT2D eigenvalue weighted by molar-refractivity contribution is 6.62. The van der Waals surface area contributed by atoms with Crippen molar-refractivity contribution in [3.63, 3.8) is 0 Å². The molecule has 31 heavy (non-hydrogen) atoms. The molecule has 0 N–H and O–H groups in total. The number of rotatable bonds is 5. The van der Waals surface area contributed by atoms with Gasteiger partial charge in [-0.3, -0.25) is 4.57 Å². The van der Waals surface area contributed by atoms with Gasteiger partial charge in [0.05, 0.1) is 30.5 Å². The zero-order valence-electron chi connectivity index (χ0n) is 18.9. The van der Waals surface area contributed by atoms with Gasteiger partial charge in [-0.1, -0.05) is 24.3 Å². The number of aryl methyl sites for hydroxylation is 1. The summed E-state index contributed by atoms with van der Waals surface area (Å²) in [6.45, 7) is 10.4. The molecule has 8 heteroatoms. The highest BCUT2D eigenvalue weighted by Gasteiger charge is 2.51. The monoisotopic (exact) mass is 421 g/mol. The summed E-state index contributed by atoms with van der Waals surface area (Å²) in [5.74, 6) is 1.40. The van der Waals surface area contributed by atoms with E-state index in [0.717, 1.165) is 16.8 Å². The molecule has 0 unspecified atom stereocenters. The van der Waals surface area contributed by atoms with E-state index in [1.807, 2.05) is 83.1 Å². The summed E-state index contributed by atoms with van der Waals surface area (Å²) >= 11 is 0. The molecular weight excluding hydrogens is 393 g/mol.